The minimum absolute atomic E-state index is 0.267. The number of aromatic nitrogens is 3. The van der Waals surface area contributed by atoms with Crippen LogP contribution in [0.1, 0.15) is 38.0 Å². The van der Waals surface area contributed by atoms with Gasteiger partial charge in [0.15, 0.2) is 5.82 Å². The quantitative estimate of drug-likeness (QED) is 0.814. The molecule has 0 saturated carbocycles. The van der Waals surface area contributed by atoms with Crippen LogP contribution < -0.4 is 0 Å². The Hall–Kier alpha value is -1.43. The molecule has 1 unspecified atom stereocenters. The van der Waals surface area contributed by atoms with Crippen molar-refractivity contribution < 1.29 is 14.6 Å². The fraction of sp³-hybridized carbons (Fsp3) is 0.727. The maximum atomic E-state index is 11.3. The average molecular weight is 241 g/mol. The molecule has 0 aliphatic rings. The van der Waals surface area contributed by atoms with Crippen molar-refractivity contribution >= 4 is 5.97 Å². The highest BCUT2D eigenvalue weighted by Gasteiger charge is 2.25. The first-order chi connectivity index (χ1) is 7.97. The van der Waals surface area contributed by atoms with Crippen molar-refractivity contribution in [2.45, 2.75) is 39.8 Å². The van der Waals surface area contributed by atoms with Crippen molar-refractivity contribution in [2.24, 2.45) is 5.92 Å². The maximum absolute atomic E-state index is 11.3. The van der Waals surface area contributed by atoms with Gasteiger partial charge in [-0.05, 0) is 19.3 Å². The number of carboxylic acid groups (broad SMARTS) is 1. The molecule has 1 aromatic rings. The Labute approximate surface area is 101 Å². The first-order valence-electron chi connectivity index (χ1n) is 5.59. The van der Waals surface area contributed by atoms with E-state index in [1.54, 1.807) is 18.6 Å². The molecule has 1 atom stereocenters. The van der Waals surface area contributed by atoms with Crippen molar-refractivity contribution in [2.75, 3.05) is 7.11 Å². The van der Waals surface area contributed by atoms with Gasteiger partial charge in [-0.1, -0.05) is 13.8 Å². The van der Waals surface area contributed by atoms with Crippen LogP contribution in [0, 0.1) is 12.8 Å². The summed E-state index contributed by atoms with van der Waals surface area (Å²) in [6.45, 7) is 6.00. The van der Waals surface area contributed by atoms with Crippen LogP contribution in [-0.2, 0) is 16.1 Å². The van der Waals surface area contributed by atoms with Gasteiger partial charge in [0.2, 0.25) is 0 Å². The lowest BCUT2D eigenvalue weighted by Crippen LogP contribution is -2.24. The van der Waals surface area contributed by atoms with Gasteiger partial charge in [-0.25, -0.2) is 4.79 Å². The molecule has 96 valence electrons. The zero-order valence-corrected chi connectivity index (χ0v) is 10.7. The summed E-state index contributed by atoms with van der Waals surface area (Å²) in [5, 5.41) is 17.1. The Kier molecular flexibility index (Phi) is 4.62. The van der Waals surface area contributed by atoms with E-state index in [1.165, 1.54) is 0 Å². The van der Waals surface area contributed by atoms with Crippen molar-refractivity contribution in [3.8, 4) is 0 Å². The van der Waals surface area contributed by atoms with Crippen molar-refractivity contribution in [1.82, 2.24) is 14.8 Å². The predicted octanol–water partition coefficient (Wildman–Crippen LogP) is 1.40. The summed E-state index contributed by atoms with van der Waals surface area (Å²) >= 11 is 0. The number of aryl methyl sites for hydroxylation is 1. The molecule has 0 aromatic carbocycles. The molecular formula is C11H19N3O3. The molecule has 0 aliphatic carbocycles. The summed E-state index contributed by atoms with van der Waals surface area (Å²) in [5.74, 6) is 0.579. The molecule has 0 bridgehead atoms. The minimum Gasteiger partial charge on any atom is -0.480 e. The second-order valence-corrected chi connectivity index (χ2v) is 4.45. The smallest absolute Gasteiger partial charge is 0.326 e. The lowest BCUT2D eigenvalue weighted by molar-refractivity contribution is -0.141. The Morgan fingerprint density at radius 1 is 1.47 bits per heavy atom. The van der Waals surface area contributed by atoms with Crippen molar-refractivity contribution in [1.29, 1.82) is 0 Å². The first-order valence-corrected chi connectivity index (χ1v) is 5.59. The minimum atomic E-state index is -0.862. The van der Waals surface area contributed by atoms with E-state index >= 15 is 0 Å². The summed E-state index contributed by atoms with van der Waals surface area (Å²) in [4.78, 5) is 11.3. The Bertz CT molecular complexity index is 387. The molecule has 0 fully saturated rings. The van der Waals surface area contributed by atoms with Gasteiger partial charge in [-0.2, -0.15) is 0 Å². The van der Waals surface area contributed by atoms with Gasteiger partial charge in [-0.3, -0.25) is 4.57 Å². The van der Waals surface area contributed by atoms with E-state index in [4.69, 9.17) is 4.74 Å². The molecule has 6 heteroatoms. The molecular weight excluding hydrogens is 222 g/mol. The van der Waals surface area contributed by atoms with Crippen LogP contribution in [0.15, 0.2) is 0 Å². The van der Waals surface area contributed by atoms with E-state index < -0.39 is 12.0 Å². The topological polar surface area (TPSA) is 77.2 Å². The lowest BCUT2D eigenvalue weighted by Gasteiger charge is -2.19. The predicted molar refractivity (Wildman–Crippen MR) is 61.6 cm³/mol. The summed E-state index contributed by atoms with van der Waals surface area (Å²) in [6.07, 6.45) is 0.547. The molecule has 0 saturated heterocycles. The van der Waals surface area contributed by atoms with Crippen molar-refractivity contribution in [3.63, 3.8) is 0 Å². The second kappa shape index (κ2) is 5.77. The van der Waals surface area contributed by atoms with Gasteiger partial charge in [0, 0.05) is 7.11 Å². The molecule has 6 nitrogen and oxygen atoms in total. The molecule has 1 heterocycles. The maximum Gasteiger partial charge on any atom is 0.326 e. The van der Waals surface area contributed by atoms with Gasteiger partial charge in [0.1, 0.15) is 18.5 Å². The largest absolute Gasteiger partial charge is 0.480 e. The summed E-state index contributed by atoms with van der Waals surface area (Å²) in [7, 11) is 1.55. The molecule has 0 aliphatic heterocycles. The highest BCUT2D eigenvalue weighted by molar-refractivity contribution is 5.72. The summed E-state index contributed by atoms with van der Waals surface area (Å²) < 4.78 is 6.65. The molecule has 0 amide bonds. The third kappa shape index (κ3) is 3.26. The monoisotopic (exact) mass is 241 g/mol. The van der Waals surface area contributed by atoms with Crippen LogP contribution in [0.4, 0.5) is 0 Å². The van der Waals surface area contributed by atoms with Gasteiger partial charge in [0.25, 0.3) is 0 Å². The van der Waals surface area contributed by atoms with Crippen molar-refractivity contribution in [3.05, 3.63) is 11.6 Å². The number of carboxylic acids is 1. The van der Waals surface area contributed by atoms with Crippen LogP contribution in [0.25, 0.3) is 0 Å². The van der Waals surface area contributed by atoms with E-state index in [2.05, 4.69) is 10.2 Å². The first kappa shape index (κ1) is 13.6. The summed E-state index contributed by atoms with van der Waals surface area (Å²) in [5.41, 5.74) is 0. The number of rotatable bonds is 6. The molecule has 1 rings (SSSR count). The van der Waals surface area contributed by atoms with Crippen LogP contribution in [0.5, 0.6) is 0 Å². The normalized spacial score (nSPS) is 13.0. The van der Waals surface area contributed by atoms with Gasteiger partial charge < -0.3 is 9.84 Å². The van der Waals surface area contributed by atoms with E-state index in [-0.39, 0.29) is 12.5 Å². The molecule has 1 aromatic heterocycles. The fourth-order valence-electron chi connectivity index (χ4n) is 1.81. The number of methoxy groups -OCH3 is 1. The number of ether oxygens (including phenoxy) is 1. The highest BCUT2D eigenvalue weighted by Crippen LogP contribution is 2.21. The molecule has 17 heavy (non-hydrogen) atoms. The van der Waals surface area contributed by atoms with E-state index in [0.29, 0.717) is 18.1 Å². The average Bonchev–Trinajstić information content (AvgIpc) is 2.57. The number of carbonyl (C=O) groups is 1. The van der Waals surface area contributed by atoms with Crippen LogP contribution in [-0.4, -0.2) is 33.0 Å². The zero-order valence-electron chi connectivity index (χ0n) is 10.7. The van der Waals surface area contributed by atoms with E-state index in [0.717, 1.165) is 0 Å². The molecule has 0 spiro atoms. The van der Waals surface area contributed by atoms with Gasteiger partial charge in [0.05, 0.1) is 0 Å². The third-order valence-corrected chi connectivity index (χ3v) is 2.50. The van der Waals surface area contributed by atoms with Gasteiger partial charge in [-0.15, -0.1) is 10.2 Å². The SMILES string of the molecule is COCc1nnc(C)n1C(CC(C)C)C(=O)O. The highest BCUT2D eigenvalue weighted by atomic mass is 16.5. The number of aliphatic carboxylic acids is 1. The fourth-order valence-corrected chi connectivity index (χ4v) is 1.81. The summed E-state index contributed by atoms with van der Waals surface area (Å²) in [6, 6.07) is -0.629. The standard InChI is InChI=1S/C11H19N3O3/c1-7(2)5-9(11(15)16)14-8(3)12-13-10(14)6-17-4/h7,9H,5-6H2,1-4H3,(H,15,16). The molecule has 1 N–H and O–H groups in total. The van der Waals surface area contributed by atoms with Gasteiger partial charge >= 0.3 is 5.97 Å². The number of hydrogen-bond donors (Lipinski definition) is 1. The number of nitrogens with zero attached hydrogens (tertiary/aromatic N) is 3. The Morgan fingerprint density at radius 2 is 2.12 bits per heavy atom. The third-order valence-electron chi connectivity index (χ3n) is 2.50. The second-order valence-electron chi connectivity index (χ2n) is 4.45. The van der Waals surface area contributed by atoms with E-state index in [9.17, 15) is 9.90 Å². The number of hydrogen-bond acceptors (Lipinski definition) is 4. The Morgan fingerprint density at radius 3 is 2.59 bits per heavy atom. The van der Waals surface area contributed by atoms with Crippen LogP contribution >= 0.6 is 0 Å². The van der Waals surface area contributed by atoms with E-state index in [1.807, 2.05) is 13.8 Å². The van der Waals surface area contributed by atoms with Crippen LogP contribution in [0.2, 0.25) is 0 Å². The molecule has 0 radical (unpaired) electrons. The zero-order chi connectivity index (χ0) is 13.0. The lowest BCUT2D eigenvalue weighted by atomic mass is 10.0. The van der Waals surface area contributed by atoms with Crippen LogP contribution in [0.3, 0.4) is 0 Å². The Balaban J connectivity index is 3.07.